The van der Waals surface area contributed by atoms with Crippen molar-refractivity contribution in [2.24, 2.45) is 0 Å². The second-order valence-corrected chi connectivity index (χ2v) is 10.3. The van der Waals surface area contributed by atoms with Gasteiger partial charge in [-0.15, -0.1) is 5.10 Å². The van der Waals surface area contributed by atoms with Gasteiger partial charge in [0.1, 0.15) is 0 Å². The zero-order valence-electron chi connectivity index (χ0n) is 20.4. The number of fused-ring (bicyclic) bond motifs is 1. The van der Waals surface area contributed by atoms with Gasteiger partial charge in [0.15, 0.2) is 17.3 Å². The summed E-state index contributed by atoms with van der Waals surface area (Å²) in [5.41, 5.74) is 2.90. The average molecular weight is 478 g/mol. The lowest BCUT2D eigenvalue weighted by Crippen LogP contribution is -2.23. The number of nitrogens with zero attached hydrogens (tertiary/aromatic N) is 3. The van der Waals surface area contributed by atoms with Gasteiger partial charge in [-0.05, 0) is 41.2 Å². The average Bonchev–Trinajstić information content (AvgIpc) is 3.36. The Morgan fingerprint density at radius 1 is 1.06 bits per heavy atom. The van der Waals surface area contributed by atoms with Crippen LogP contribution in [0.1, 0.15) is 58.1 Å². The number of thiazole rings is 1. The summed E-state index contributed by atoms with van der Waals surface area (Å²) < 4.78 is 13.3. The van der Waals surface area contributed by atoms with E-state index in [2.05, 4.69) is 49.9 Å². The first-order valence-electron chi connectivity index (χ1n) is 11.6. The van der Waals surface area contributed by atoms with E-state index in [-0.39, 0.29) is 11.0 Å². The van der Waals surface area contributed by atoms with Gasteiger partial charge in [-0.1, -0.05) is 82.2 Å². The minimum absolute atomic E-state index is 0.0789. The van der Waals surface area contributed by atoms with Gasteiger partial charge in [-0.25, -0.2) is 0 Å². The topological polar surface area (TPSA) is 65.7 Å². The molecule has 0 spiro atoms. The van der Waals surface area contributed by atoms with Crippen LogP contribution in [-0.2, 0) is 5.41 Å². The summed E-state index contributed by atoms with van der Waals surface area (Å²) >= 11 is 1.33. The lowest BCUT2D eigenvalue weighted by molar-refractivity contribution is 0.286. The Morgan fingerprint density at radius 3 is 2.47 bits per heavy atom. The van der Waals surface area contributed by atoms with Crippen molar-refractivity contribution in [3.05, 3.63) is 68.5 Å². The van der Waals surface area contributed by atoms with Gasteiger partial charge < -0.3 is 9.47 Å². The van der Waals surface area contributed by atoms with Gasteiger partial charge in [-0.3, -0.25) is 4.79 Å². The molecule has 4 aromatic rings. The monoisotopic (exact) mass is 477 g/mol. The van der Waals surface area contributed by atoms with Crippen molar-refractivity contribution in [2.75, 3.05) is 13.7 Å². The molecule has 178 valence electrons. The fraction of sp³-hybridized carbons (Fsp3) is 0.370. The Bertz CT molecular complexity index is 1380. The van der Waals surface area contributed by atoms with E-state index in [1.54, 1.807) is 7.11 Å². The Hall–Kier alpha value is -3.19. The van der Waals surface area contributed by atoms with E-state index in [0.29, 0.717) is 33.4 Å². The van der Waals surface area contributed by atoms with Gasteiger partial charge >= 0.3 is 0 Å². The molecule has 0 atom stereocenters. The Labute approximate surface area is 203 Å². The molecule has 0 aliphatic heterocycles. The third kappa shape index (κ3) is 5.14. The van der Waals surface area contributed by atoms with E-state index in [1.807, 2.05) is 36.4 Å². The summed E-state index contributed by atoms with van der Waals surface area (Å²) in [6, 6.07) is 13.9. The van der Waals surface area contributed by atoms with E-state index in [9.17, 15) is 4.79 Å². The predicted octanol–water partition coefficient (Wildman–Crippen LogP) is 5.24. The number of unbranched alkanes of at least 4 members (excludes halogenated alkanes) is 2. The molecule has 0 fully saturated rings. The lowest BCUT2D eigenvalue weighted by atomic mass is 9.87. The van der Waals surface area contributed by atoms with Crippen LogP contribution >= 0.6 is 11.3 Å². The second kappa shape index (κ2) is 9.97. The van der Waals surface area contributed by atoms with Gasteiger partial charge in [-0.2, -0.15) is 9.50 Å². The summed E-state index contributed by atoms with van der Waals surface area (Å²) in [5.74, 6) is 1.92. The molecule has 0 unspecified atom stereocenters. The molecular formula is C27H31N3O3S. The highest BCUT2D eigenvalue weighted by Crippen LogP contribution is 2.29. The molecule has 2 aromatic heterocycles. The maximum atomic E-state index is 13.0. The molecule has 0 aliphatic carbocycles. The highest BCUT2D eigenvalue weighted by Gasteiger charge is 2.16. The van der Waals surface area contributed by atoms with E-state index in [4.69, 9.17) is 9.47 Å². The Morgan fingerprint density at radius 2 is 1.82 bits per heavy atom. The van der Waals surface area contributed by atoms with Crippen LogP contribution in [0.25, 0.3) is 22.4 Å². The summed E-state index contributed by atoms with van der Waals surface area (Å²) in [4.78, 5) is 18.1. The molecule has 2 aromatic carbocycles. The van der Waals surface area contributed by atoms with Crippen molar-refractivity contribution in [1.82, 2.24) is 14.6 Å². The van der Waals surface area contributed by atoms with Crippen LogP contribution in [0.4, 0.5) is 0 Å². The third-order valence-electron chi connectivity index (χ3n) is 5.68. The molecule has 34 heavy (non-hydrogen) atoms. The molecule has 0 N–H and O–H groups in total. The lowest BCUT2D eigenvalue weighted by Gasteiger charge is -2.18. The first-order chi connectivity index (χ1) is 16.3. The Balaban J connectivity index is 1.59. The molecule has 6 nitrogen and oxygen atoms in total. The van der Waals surface area contributed by atoms with Crippen molar-refractivity contribution in [2.45, 2.75) is 52.4 Å². The maximum Gasteiger partial charge on any atom is 0.291 e. The number of hydrogen-bond donors (Lipinski definition) is 0. The molecule has 0 bridgehead atoms. The number of ether oxygens (including phenoxy) is 2. The zero-order valence-corrected chi connectivity index (χ0v) is 21.2. The molecule has 2 heterocycles. The van der Waals surface area contributed by atoms with Crippen LogP contribution < -0.4 is 19.6 Å². The third-order valence-corrected chi connectivity index (χ3v) is 6.64. The smallest absolute Gasteiger partial charge is 0.291 e. The van der Waals surface area contributed by atoms with E-state index >= 15 is 0 Å². The van der Waals surface area contributed by atoms with E-state index in [1.165, 1.54) is 21.4 Å². The number of rotatable bonds is 8. The second-order valence-electron chi connectivity index (χ2n) is 9.34. The minimum Gasteiger partial charge on any atom is -0.493 e. The van der Waals surface area contributed by atoms with Gasteiger partial charge in [0.05, 0.1) is 18.2 Å². The molecular weight excluding hydrogens is 446 g/mol. The summed E-state index contributed by atoms with van der Waals surface area (Å²) in [5, 5.41) is 4.47. The fourth-order valence-corrected chi connectivity index (χ4v) is 4.56. The standard InChI is InChI=1S/C27H31N3O3S/c1-6-7-8-15-33-21-14-9-18(16-22(21)32-5)17-23-25(31)30-26(34-23)28-24(29-30)19-10-12-20(13-11-19)27(2,3)4/h9-14,16-17H,6-8,15H2,1-5H3/b23-17+. The van der Waals surface area contributed by atoms with Crippen LogP contribution in [-0.4, -0.2) is 28.3 Å². The van der Waals surface area contributed by atoms with Crippen LogP contribution in [0.5, 0.6) is 11.5 Å². The number of hydrogen-bond acceptors (Lipinski definition) is 6. The summed E-state index contributed by atoms with van der Waals surface area (Å²) in [7, 11) is 1.62. The SMILES string of the molecule is CCCCCOc1ccc(/C=c2/sc3nc(-c4ccc(C(C)(C)C)cc4)nn3c2=O)cc1OC. The number of methoxy groups -OCH3 is 1. The van der Waals surface area contributed by atoms with E-state index < -0.39 is 0 Å². The first-order valence-corrected chi connectivity index (χ1v) is 12.4. The Kier molecular flexibility index (Phi) is 7.03. The molecule has 4 rings (SSSR count). The minimum atomic E-state index is -0.177. The van der Waals surface area contributed by atoms with Gasteiger partial charge in [0.25, 0.3) is 5.56 Å². The quantitative estimate of drug-likeness (QED) is 0.325. The highest BCUT2D eigenvalue weighted by molar-refractivity contribution is 7.15. The predicted molar refractivity (Wildman–Crippen MR) is 138 cm³/mol. The molecule has 0 saturated carbocycles. The summed E-state index contributed by atoms with van der Waals surface area (Å²) in [6.07, 6.45) is 5.14. The van der Waals surface area contributed by atoms with Crippen LogP contribution in [0.2, 0.25) is 0 Å². The van der Waals surface area contributed by atoms with Gasteiger partial charge in [0.2, 0.25) is 4.96 Å². The normalized spacial score (nSPS) is 12.4. The molecule has 0 amide bonds. The molecule has 0 saturated heterocycles. The van der Waals surface area contributed by atoms with Crippen molar-refractivity contribution in [3.63, 3.8) is 0 Å². The number of benzene rings is 2. The van der Waals surface area contributed by atoms with Crippen molar-refractivity contribution in [3.8, 4) is 22.9 Å². The maximum absolute atomic E-state index is 13.0. The van der Waals surface area contributed by atoms with Crippen LogP contribution in [0, 0.1) is 0 Å². The molecule has 7 heteroatoms. The van der Waals surface area contributed by atoms with Crippen LogP contribution in [0.15, 0.2) is 47.3 Å². The summed E-state index contributed by atoms with van der Waals surface area (Å²) in [6.45, 7) is 9.36. The zero-order chi connectivity index (χ0) is 24.3. The molecule has 0 aliphatic rings. The highest BCUT2D eigenvalue weighted by atomic mass is 32.1. The van der Waals surface area contributed by atoms with Crippen molar-refractivity contribution in [1.29, 1.82) is 0 Å². The fourth-order valence-electron chi connectivity index (χ4n) is 3.65. The van der Waals surface area contributed by atoms with Crippen molar-refractivity contribution >= 4 is 22.4 Å². The van der Waals surface area contributed by atoms with Crippen molar-refractivity contribution < 1.29 is 9.47 Å². The molecule has 0 radical (unpaired) electrons. The van der Waals surface area contributed by atoms with Gasteiger partial charge in [0, 0.05) is 5.56 Å². The largest absolute Gasteiger partial charge is 0.493 e. The first kappa shape index (κ1) is 24.0. The van der Waals surface area contributed by atoms with Crippen LogP contribution in [0.3, 0.4) is 0 Å². The van der Waals surface area contributed by atoms with E-state index in [0.717, 1.165) is 30.4 Å². The number of aromatic nitrogens is 3.